The van der Waals surface area contributed by atoms with Crippen molar-refractivity contribution < 1.29 is 4.52 Å². The van der Waals surface area contributed by atoms with Crippen LogP contribution >= 0.6 is 28.5 Å². The number of terminal acetylenes is 1. The molecule has 2 rings (SSSR count). The molecule has 0 bridgehead atoms. The summed E-state index contributed by atoms with van der Waals surface area (Å²) < 4.78 is 5.49. The highest BCUT2D eigenvalue weighted by atomic mass is 127. The molecule has 1 unspecified atom stereocenters. The van der Waals surface area contributed by atoms with Crippen LogP contribution in [0.3, 0.4) is 0 Å². The maximum atomic E-state index is 5.49. The third-order valence-corrected chi connectivity index (χ3v) is 4.28. The molecule has 0 aliphatic carbocycles. The highest BCUT2D eigenvalue weighted by Crippen LogP contribution is 2.29. The van der Waals surface area contributed by atoms with Crippen molar-refractivity contribution in [3.05, 3.63) is 54.1 Å². The molecule has 1 nitrogen and oxygen atoms in total. The first kappa shape index (κ1) is 16.3. The van der Waals surface area contributed by atoms with E-state index in [1.807, 2.05) is 12.1 Å². The van der Waals surface area contributed by atoms with Crippen molar-refractivity contribution in [2.24, 2.45) is 0 Å². The van der Waals surface area contributed by atoms with Crippen LogP contribution in [0, 0.1) is 12.3 Å². The first-order valence-electron chi connectivity index (χ1n) is 6.99. The SMILES string of the molecule is C#CCCCCc1cccc(-c2ccc(OPI)cc2)c1. The molecular formula is C18H18IOP. The van der Waals surface area contributed by atoms with Gasteiger partial charge < -0.3 is 4.52 Å². The van der Waals surface area contributed by atoms with Gasteiger partial charge in [-0.05, 0) is 70.1 Å². The fourth-order valence-electron chi connectivity index (χ4n) is 2.22. The van der Waals surface area contributed by atoms with Crippen LogP contribution in [0.5, 0.6) is 5.75 Å². The Bertz CT molecular complexity index is 601. The lowest BCUT2D eigenvalue weighted by Crippen LogP contribution is -1.87. The van der Waals surface area contributed by atoms with Crippen molar-refractivity contribution in [1.29, 1.82) is 0 Å². The smallest absolute Gasteiger partial charge is 0.137 e. The quantitative estimate of drug-likeness (QED) is 0.236. The van der Waals surface area contributed by atoms with Gasteiger partial charge in [0.05, 0.1) is 0 Å². The molecule has 21 heavy (non-hydrogen) atoms. The van der Waals surface area contributed by atoms with E-state index in [9.17, 15) is 0 Å². The van der Waals surface area contributed by atoms with E-state index in [0.29, 0.717) is 6.45 Å². The third kappa shape index (κ3) is 5.34. The van der Waals surface area contributed by atoms with E-state index in [4.69, 9.17) is 10.9 Å². The van der Waals surface area contributed by atoms with E-state index in [0.717, 1.165) is 31.4 Å². The molecular weight excluding hydrogens is 390 g/mol. The first-order chi connectivity index (χ1) is 10.3. The van der Waals surface area contributed by atoms with Crippen LogP contribution in [0.2, 0.25) is 0 Å². The largest absolute Gasteiger partial charge is 0.467 e. The zero-order chi connectivity index (χ0) is 14.9. The molecule has 0 saturated heterocycles. The van der Waals surface area contributed by atoms with E-state index < -0.39 is 0 Å². The fourth-order valence-corrected chi connectivity index (χ4v) is 3.21. The second-order valence-electron chi connectivity index (χ2n) is 4.82. The Labute approximate surface area is 141 Å². The zero-order valence-electron chi connectivity index (χ0n) is 11.8. The van der Waals surface area contributed by atoms with Gasteiger partial charge in [0.15, 0.2) is 0 Å². The molecule has 0 saturated carbocycles. The van der Waals surface area contributed by atoms with Gasteiger partial charge in [-0.1, -0.05) is 36.4 Å². The summed E-state index contributed by atoms with van der Waals surface area (Å²) in [6.07, 6.45) is 9.50. The Hall–Kier alpha value is -1.04. The number of rotatable bonds is 7. The van der Waals surface area contributed by atoms with Crippen molar-refractivity contribution in [3.63, 3.8) is 0 Å². The summed E-state index contributed by atoms with van der Waals surface area (Å²) in [6.45, 7) is 0.452. The van der Waals surface area contributed by atoms with E-state index >= 15 is 0 Å². The van der Waals surface area contributed by atoms with Gasteiger partial charge in [-0.25, -0.2) is 0 Å². The number of aryl methyl sites for hydroxylation is 1. The minimum atomic E-state index is 0.452. The predicted molar refractivity (Wildman–Crippen MR) is 101 cm³/mol. The van der Waals surface area contributed by atoms with Crippen LogP contribution in [0.15, 0.2) is 48.5 Å². The number of halogens is 1. The Morgan fingerprint density at radius 1 is 1.05 bits per heavy atom. The molecule has 3 heteroatoms. The number of unbranched alkanes of at least 4 members (excludes halogenated alkanes) is 2. The molecule has 0 N–H and O–H groups in total. The fraction of sp³-hybridized carbons (Fsp3) is 0.222. The van der Waals surface area contributed by atoms with Crippen molar-refractivity contribution in [1.82, 2.24) is 0 Å². The van der Waals surface area contributed by atoms with Crippen LogP contribution in [0.1, 0.15) is 24.8 Å². The summed E-state index contributed by atoms with van der Waals surface area (Å²) in [5.41, 5.74) is 3.86. The topological polar surface area (TPSA) is 9.23 Å². The molecule has 0 radical (unpaired) electrons. The van der Waals surface area contributed by atoms with Crippen molar-refractivity contribution >= 4 is 28.5 Å². The molecule has 0 fully saturated rings. The van der Waals surface area contributed by atoms with Crippen molar-refractivity contribution in [3.8, 4) is 29.2 Å². The van der Waals surface area contributed by atoms with E-state index in [2.05, 4.69) is 64.4 Å². The molecule has 0 aromatic heterocycles. The summed E-state index contributed by atoms with van der Waals surface area (Å²) >= 11 is 2.23. The summed E-state index contributed by atoms with van der Waals surface area (Å²) in [6, 6.07) is 17.0. The summed E-state index contributed by atoms with van der Waals surface area (Å²) in [4.78, 5) is 0. The Morgan fingerprint density at radius 2 is 1.86 bits per heavy atom. The lowest BCUT2D eigenvalue weighted by atomic mass is 10.00. The first-order valence-corrected chi connectivity index (χ1v) is 11.0. The predicted octanol–water partition coefficient (Wildman–Crippen LogP) is 6.02. The maximum Gasteiger partial charge on any atom is 0.137 e. The van der Waals surface area contributed by atoms with Gasteiger partial charge in [0.1, 0.15) is 12.2 Å². The van der Waals surface area contributed by atoms with Gasteiger partial charge in [0.25, 0.3) is 0 Å². The average molecular weight is 408 g/mol. The van der Waals surface area contributed by atoms with E-state index in [1.165, 1.54) is 16.7 Å². The van der Waals surface area contributed by atoms with E-state index in [1.54, 1.807) is 0 Å². The Kier molecular flexibility index (Phi) is 7.06. The zero-order valence-corrected chi connectivity index (χ0v) is 15.0. The lowest BCUT2D eigenvalue weighted by Gasteiger charge is -2.07. The van der Waals surface area contributed by atoms with Gasteiger partial charge in [0, 0.05) is 6.42 Å². The van der Waals surface area contributed by atoms with Crippen molar-refractivity contribution in [2.75, 3.05) is 0 Å². The molecule has 0 aliphatic rings. The molecule has 2 aromatic carbocycles. The van der Waals surface area contributed by atoms with Crippen molar-refractivity contribution in [2.45, 2.75) is 25.7 Å². The second kappa shape index (κ2) is 9.07. The lowest BCUT2D eigenvalue weighted by molar-refractivity contribution is 0.645. The highest BCUT2D eigenvalue weighted by Gasteiger charge is 2.01. The van der Waals surface area contributed by atoms with Crippen LogP contribution < -0.4 is 4.52 Å². The standard InChI is InChI=1S/C18H18IOP/c1-2-3-4-5-7-15-8-6-9-17(14-15)16-10-12-18(13-11-16)20-21-19/h1,6,8-14,21H,3-5,7H2. The molecule has 0 spiro atoms. The van der Waals surface area contributed by atoms with Crippen LogP contribution in [0.4, 0.5) is 0 Å². The average Bonchev–Trinajstić information content (AvgIpc) is 2.53. The minimum Gasteiger partial charge on any atom is -0.467 e. The Balaban J connectivity index is 2.04. The van der Waals surface area contributed by atoms with E-state index in [-0.39, 0.29) is 0 Å². The molecule has 1 atom stereocenters. The monoisotopic (exact) mass is 408 g/mol. The Morgan fingerprint density at radius 3 is 2.57 bits per heavy atom. The van der Waals surface area contributed by atoms with Crippen LogP contribution in [-0.4, -0.2) is 0 Å². The summed E-state index contributed by atoms with van der Waals surface area (Å²) in [5, 5.41) is 0. The van der Waals surface area contributed by atoms with Gasteiger partial charge >= 0.3 is 0 Å². The molecule has 2 aromatic rings. The minimum absolute atomic E-state index is 0.452. The van der Waals surface area contributed by atoms with Crippen LogP contribution in [0.25, 0.3) is 11.1 Å². The molecule has 0 aliphatic heterocycles. The van der Waals surface area contributed by atoms with Gasteiger partial charge in [-0.3, -0.25) is 0 Å². The second-order valence-corrected chi connectivity index (χ2v) is 6.49. The molecule has 0 amide bonds. The number of hydrogen-bond acceptors (Lipinski definition) is 1. The van der Waals surface area contributed by atoms with Gasteiger partial charge in [-0.2, -0.15) is 0 Å². The number of benzene rings is 2. The normalized spacial score (nSPS) is 10.7. The summed E-state index contributed by atoms with van der Waals surface area (Å²) in [5.74, 6) is 3.62. The third-order valence-electron chi connectivity index (χ3n) is 3.31. The number of hydrogen-bond donors (Lipinski definition) is 0. The maximum absolute atomic E-state index is 5.49. The van der Waals surface area contributed by atoms with Crippen LogP contribution in [-0.2, 0) is 6.42 Å². The molecule has 0 heterocycles. The van der Waals surface area contributed by atoms with Gasteiger partial charge in [-0.15, -0.1) is 12.3 Å². The van der Waals surface area contributed by atoms with Gasteiger partial charge in [0.2, 0.25) is 0 Å². The highest BCUT2D eigenvalue weighted by molar-refractivity contribution is 14.2. The summed E-state index contributed by atoms with van der Waals surface area (Å²) in [7, 11) is 0. The molecule has 108 valence electrons.